The Morgan fingerprint density at radius 3 is 2.43 bits per heavy atom. The Morgan fingerprint density at radius 2 is 1.86 bits per heavy atom. The van der Waals surface area contributed by atoms with E-state index in [9.17, 15) is 23.4 Å². The summed E-state index contributed by atoms with van der Waals surface area (Å²) >= 11 is 0. The fourth-order valence-electron chi connectivity index (χ4n) is 3.86. The number of β-amino-alcohol motifs (C(OH)–C–C–N with tert-alkyl or cyclic N) is 1. The number of piperidine rings is 1. The van der Waals surface area contributed by atoms with Crippen molar-refractivity contribution in [1.29, 1.82) is 0 Å². The van der Waals surface area contributed by atoms with Crippen molar-refractivity contribution >= 4 is 0 Å². The Kier molecular flexibility index (Phi) is 5.84. The van der Waals surface area contributed by atoms with Gasteiger partial charge in [0.15, 0.2) is 0 Å². The van der Waals surface area contributed by atoms with Gasteiger partial charge in [-0.1, -0.05) is 12.1 Å². The quantitative estimate of drug-likeness (QED) is 0.814. The number of likely N-dealkylation sites (tertiary alicyclic amines) is 1. The highest BCUT2D eigenvalue weighted by molar-refractivity contribution is 5.29. The first-order valence-corrected chi connectivity index (χ1v) is 9.36. The van der Waals surface area contributed by atoms with Crippen molar-refractivity contribution in [2.75, 3.05) is 19.6 Å². The lowest BCUT2D eigenvalue weighted by Gasteiger charge is -2.38. The number of hydrogen-bond acceptors (Lipinski definition) is 4. The molecule has 2 aromatic rings. The molecule has 1 aromatic carbocycles. The van der Waals surface area contributed by atoms with Gasteiger partial charge < -0.3 is 19.7 Å². The SMILES string of the molecule is Cn1ccnc1[C@H](O)C1CCN(C[C@](C)(O)c2cccc(C(F)(F)F)c2)CC1. The van der Waals surface area contributed by atoms with E-state index in [-0.39, 0.29) is 18.0 Å². The van der Waals surface area contributed by atoms with Crippen LogP contribution in [0, 0.1) is 5.92 Å². The standard InChI is InChI=1S/C20H26F3N3O2/c1-19(28,15-4-3-5-16(12-15)20(21,22)23)13-26-9-6-14(7-10-26)17(27)18-24-8-11-25(18)2/h3-5,8,11-12,14,17,27-28H,6-7,9-10,13H2,1-2H3/t17-,19+/m1/s1. The minimum absolute atomic E-state index is 0.0656. The molecule has 8 heteroatoms. The molecule has 0 bridgehead atoms. The molecule has 5 nitrogen and oxygen atoms in total. The number of nitrogens with zero attached hydrogens (tertiary/aromatic N) is 3. The Bertz CT molecular complexity index is 796. The molecule has 2 atom stereocenters. The number of imidazole rings is 1. The van der Waals surface area contributed by atoms with Gasteiger partial charge in [-0.15, -0.1) is 0 Å². The van der Waals surface area contributed by atoms with Gasteiger partial charge in [-0.3, -0.25) is 0 Å². The van der Waals surface area contributed by atoms with Crippen LogP contribution in [0.4, 0.5) is 13.2 Å². The summed E-state index contributed by atoms with van der Waals surface area (Å²) in [6, 6.07) is 4.86. The molecular weight excluding hydrogens is 371 g/mol. The van der Waals surface area contributed by atoms with Crippen molar-refractivity contribution in [3.63, 3.8) is 0 Å². The van der Waals surface area contributed by atoms with Crippen LogP contribution >= 0.6 is 0 Å². The van der Waals surface area contributed by atoms with Crippen LogP contribution in [0.2, 0.25) is 0 Å². The van der Waals surface area contributed by atoms with Crippen LogP contribution in [0.1, 0.15) is 42.8 Å². The molecule has 1 saturated heterocycles. The van der Waals surface area contributed by atoms with Gasteiger partial charge in [0, 0.05) is 26.0 Å². The maximum Gasteiger partial charge on any atom is 0.416 e. The average molecular weight is 397 g/mol. The molecule has 0 saturated carbocycles. The van der Waals surface area contributed by atoms with Gasteiger partial charge in [0.2, 0.25) is 0 Å². The van der Waals surface area contributed by atoms with Crippen molar-refractivity contribution in [3.05, 3.63) is 53.6 Å². The summed E-state index contributed by atoms with van der Waals surface area (Å²) in [5, 5.41) is 21.4. The van der Waals surface area contributed by atoms with E-state index in [4.69, 9.17) is 0 Å². The smallest absolute Gasteiger partial charge is 0.385 e. The van der Waals surface area contributed by atoms with Crippen LogP contribution in [0.25, 0.3) is 0 Å². The highest BCUT2D eigenvalue weighted by Gasteiger charge is 2.35. The lowest BCUT2D eigenvalue weighted by Crippen LogP contribution is -2.44. The predicted molar refractivity (Wildman–Crippen MR) is 98.3 cm³/mol. The highest BCUT2D eigenvalue weighted by Crippen LogP contribution is 2.34. The second kappa shape index (κ2) is 7.85. The van der Waals surface area contributed by atoms with Gasteiger partial charge in [0.05, 0.1) is 11.2 Å². The molecule has 0 unspecified atom stereocenters. The molecule has 3 rings (SSSR count). The third kappa shape index (κ3) is 4.56. The Labute approximate surface area is 162 Å². The zero-order chi connectivity index (χ0) is 20.5. The van der Waals surface area contributed by atoms with Crippen molar-refractivity contribution in [2.24, 2.45) is 13.0 Å². The van der Waals surface area contributed by atoms with Crippen molar-refractivity contribution in [1.82, 2.24) is 14.5 Å². The number of halogens is 3. The summed E-state index contributed by atoms with van der Waals surface area (Å²) in [6.45, 7) is 3.08. The molecule has 0 spiro atoms. The summed E-state index contributed by atoms with van der Waals surface area (Å²) in [5.41, 5.74) is -1.91. The second-order valence-corrected chi connectivity index (χ2v) is 7.81. The molecule has 1 aromatic heterocycles. The van der Waals surface area contributed by atoms with E-state index in [1.807, 2.05) is 11.9 Å². The van der Waals surface area contributed by atoms with Crippen LogP contribution in [-0.4, -0.2) is 44.3 Å². The van der Waals surface area contributed by atoms with Gasteiger partial charge in [-0.2, -0.15) is 13.2 Å². The van der Waals surface area contributed by atoms with Gasteiger partial charge in [0.25, 0.3) is 0 Å². The topological polar surface area (TPSA) is 61.5 Å². The van der Waals surface area contributed by atoms with Crippen LogP contribution in [0.15, 0.2) is 36.7 Å². The molecule has 2 N–H and O–H groups in total. The summed E-state index contributed by atoms with van der Waals surface area (Å²) in [7, 11) is 1.84. The monoisotopic (exact) mass is 397 g/mol. The van der Waals surface area contributed by atoms with E-state index in [0.717, 1.165) is 25.0 Å². The molecule has 1 aliphatic heterocycles. The second-order valence-electron chi connectivity index (χ2n) is 7.81. The Balaban J connectivity index is 1.61. The van der Waals surface area contributed by atoms with E-state index in [2.05, 4.69) is 4.98 Å². The lowest BCUT2D eigenvalue weighted by atomic mass is 9.88. The van der Waals surface area contributed by atoms with E-state index < -0.39 is 23.4 Å². The van der Waals surface area contributed by atoms with E-state index in [1.54, 1.807) is 17.0 Å². The average Bonchev–Trinajstić information content (AvgIpc) is 3.07. The molecule has 0 radical (unpaired) electrons. The number of rotatable bonds is 5. The van der Waals surface area contributed by atoms with Gasteiger partial charge in [-0.25, -0.2) is 4.98 Å². The minimum Gasteiger partial charge on any atom is -0.385 e. The van der Waals surface area contributed by atoms with Crippen molar-refractivity contribution < 1.29 is 23.4 Å². The van der Waals surface area contributed by atoms with Gasteiger partial charge in [-0.05, 0) is 56.5 Å². The zero-order valence-electron chi connectivity index (χ0n) is 16.0. The number of hydrogen-bond donors (Lipinski definition) is 2. The summed E-state index contributed by atoms with van der Waals surface area (Å²) in [5.74, 6) is 0.699. The van der Waals surface area contributed by atoms with Gasteiger partial charge in [0.1, 0.15) is 11.9 Å². The molecular formula is C20H26F3N3O2. The van der Waals surface area contributed by atoms with Crippen molar-refractivity contribution in [2.45, 2.75) is 37.6 Å². The minimum atomic E-state index is -4.44. The van der Waals surface area contributed by atoms with Crippen molar-refractivity contribution in [3.8, 4) is 0 Å². The number of aromatic nitrogens is 2. The number of benzene rings is 1. The fraction of sp³-hybridized carbons (Fsp3) is 0.550. The molecule has 0 amide bonds. The van der Waals surface area contributed by atoms with Crippen LogP contribution < -0.4 is 0 Å². The molecule has 0 aliphatic carbocycles. The number of alkyl halides is 3. The molecule has 2 heterocycles. The van der Waals surface area contributed by atoms with Crippen LogP contribution in [-0.2, 0) is 18.8 Å². The molecule has 1 fully saturated rings. The van der Waals surface area contributed by atoms with E-state index in [1.165, 1.54) is 19.1 Å². The lowest BCUT2D eigenvalue weighted by molar-refractivity contribution is -0.137. The zero-order valence-corrected chi connectivity index (χ0v) is 16.0. The third-order valence-corrected chi connectivity index (χ3v) is 5.55. The predicted octanol–water partition coefficient (Wildman–Crippen LogP) is 3.09. The molecule has 154 valence electrons. The van der Waals surface area contributed by atoms with E-state index in [0.29, 0.717) is 18.9 Å². The van der Waals surface area contributed by atoms with Crippen LogP contribution in [0.3, 0.4) is 0 Å². The molecule has 1 aliphatic rings. The first-order chi connectivity index (χ1) is 13.1. The number of aliphatic hydroxyl groups excluding tert-OH is 1. The summed E-state index contributed by atoms with van der Waals surface area (Å²) in [4.78, 5) is 6.23. The highest BCUT2D eigenvalue weighted by atomic mass is 19.4. The number of aliphatic hydroxyl groups is 2. The number of aryl methyl sites for hydroxylation is 1. The van der Waals surface area contributed by atoms with E-state index >= 15 is 0 Å². The summed E-state index contributed by atoms with van der Waals surface area (Å²) < 4.78 is 40.7. The fourth-order valence-corrected chi connectivity index (χ4v) is 3.86. The third-order valence-electron chi connectivity index (χ3n) is 5.55. The van der Waals surface area contributed by atoms with Crippen LogP contribution in [0.5, 0.6) is 0 Å². The maximum atomic E-state index is 13.0. The van der Waals surface area contributed by atoms with Gasteiger partial charge >= 0.3 is 6.18 Å². The summed E-state index contributed by atoms with van der Waals surface area (Å²) in [6.07, 6.45) is -0.184. The normalized spacial score (nSPS) is 20.1. The largest absolute Gasteiger partial charge is 0.416 e. The first kappa shape index (κ1) is 20.8. The maximum absolute atomic E-state index is 13.0. The first-order valence-electron chi connectivity index (χ1n) is 9.36. The Hall–Kier alpha value is -1.90. The molecule has 28 heavy (non-hydrogen) atoms. The Morgan fingerprint density at radius 1 is 1.21 bits per heavy atom.